The van der Waals surface area contributed by atoms with Crippen LogP contribution in [0.2, 0.25) is 0 Å². The van der Waals surface area contributed by atoms with Crippen LogP contribution in [0.15, 0.2) is 0 Å². The molecule has 0 unspecified atom stereocenters. The van der Waals surface area contributed by atoms with E-state index in [2.05, 4.69) is 20.7 Å². The fraction of sp³-hybridized carbons (Fsp3) is 0.750. The highest BCUT2D eigenvalue weighted by Crippen LogP contribution is 2.27. The van der Waals surface area contributed by atoms with E-state index in [1.807, 2.05) is 13.8 Å². The SMILES string of the molecule is Cc1nc(NC(=O)NC2CCC(C)(O)CC2)nn1C. The van der Waals surface area contributed by atoms with E-state index >= 15 is 0 Å². The van der Waals surface area contributed by atoms with E-state index in [-0.39, 0.29) is 12.1 Å². The number of hydrogen-bond donors (Lipinski definition) is 3. The number of hydrogen-bond acceptors (Lipinski definition) is 4. The molecule has 7 heteroatoms. The Balaban J connectivity index is 1.82. The molecule has 0 bridgehead atoms. The number of aryl methyl sites for hydroxylation is 2. The Morgan fingerprint density at radius 2 is 2.11 bits per heavy atom. The summed E-state index contributed by atoms with van der Waals surface area (Å²) in [4.78, 5) is 15.9. The Bertz CT molecular complexity index is 439. The Morgan fingerprint density at radius 3 is 2.63 bits per heavy atom. The zero-order valence-electron chi connectivity index (χ0n) is 11.6. The van der Waals surface area contributed by atoms with E-state index in [0.717, 1.165) is 18.7 Å². The van der Waals surface area contributed by atoms with Crippen LogP contribution in [0.1, 0.15) is 38.4 Å². The van der Waals surface area contributed by atoms with Gasteiger partial charge in [-0.15, -0.1) is 5.10 Å². The maximum absolute atomic E-state index is 11.8. The third-order valence-corrected chi connectivity index (χ3v) is 3.60. The van der Waals surface area contributed by atoms with E-state index in [9.17, 15) is 9.90 Å². The average molecular weight is 267 g/mol. The van der Waals surface area contributed by atoms with Crippen LogP contribution in [0.5, 0.6) is 0 Å². The number of aromatic nitrogens is 3. The van der Waals surface area contributed by atoms with Crippen molar-refractivity contribution >= 4 is 12.0 Å². The molecule has 19 heavy (non-hydrogen) atoms. The van der Waals surface area contributed by atoms with Crippen molar-refractivity contribution in [3.63, 3.8) is 0 Å². The number of aliphatic hydroxyl groups is 1. The van der Waals surface area contributed by atoms with Crippen molar-refractivity contribution in [1.82, 2.24) is 20.1 Å². The first-order valence-corrected chi connectivity index (χ1v) is 6.53. The number of rotatable bonds is 2. The van der Waals surface area contributed by atoms with E-state index < -0.39 is 5.60 Å². The average Bonchev–Trinajstić information content (AvgIpc) is 2.61. The summed E-state index contributed by atoms with van der Waals surface area (Å²) >= 11 is 0. The second-order valence-corrected chi connectivity index (χ2v) is 5.48. The lowest BCUT2D eigenvalue weighted by molar-refractivity contribution is 0.0154. The van der Waals surface area contributed by atoms with E-state index in [1.165, 1.54) is 0 Å². The molecule has 7 nitrogen and oxygen atoms in total. The van der Waals surface area contributed by atoms with Gasteiger partial charge in [0, 0.05) is 13.1 Å². The molecule has 2 rings (SSSR count). The predicted octanol–water partition coefficient (Wildman–Crippen LogP) is 0.939. The quantitative estimate of drug-likeness (QED) is 0.743. The summed E-state index contributed by atoms with van der Waals surface area (Å²) in [5, 5.41) is 19.4. The summed E-state index contributed by atoms with van der Waals surface area (Å²) in [5.41, 5.74) is -0.589. The summed E-state index contributed by atoms with van der Waals surface area (Å²) in [6, 6.07) is -0.192. The van der Waals surface area contributed by atoms with Crippen LogP contribution in [0, 0.1) is 6.92 Å². The van der Waals surface area contributed by atoms with Gasteiger partial charge in [0.2, 0.25) is 5.95 Å². The standard InChI is InChI=1S/C12H21N5O2/c1-8-13-10(16-17(8)3)15-11(18)14-9-4-6-12(2,19)7-5-9/h9,19H,4-7H2,1-3H3,(H2,14,15,16,18). The van der Waals surface area contributed by atoms with Gasteiger partial charge in [0.1, 0.15) is 5.82 Å². The molecule has 0 saturated heterocycles. The first-order chi connectivity index (χ1) is 8.85. The van der Waals surface area contributed by atoms with Gasteiger partial charge in [0.05, 0.1) is 5.60 Å². The van der Waals surface area contributed by atoms with Crippen molar-refractivity contribution in [2.75, 3.05) is 5.32 Å². The molecule has 106 valence electrons. The first kappa shape index (κ1) is 13.8. The number of amides is 2. The minimum Gasteiger partial charge on any atom is -0.390 e. The van der Waals surface area contributed by atoms with Crippen molar-refractivity contribution in [2.24, 2.45) is 7.05 Å². The molecule has 1 aliphatic rings. The molecule has 0 spiro atoms. The Hall–Kier alpha value is -1.63. The zero-order valence-corrected chi connectivity index (χ0v) is 11.6. The van der Waals surface area contributed by atoms with Gasteiger partial charge in [-0.25, -0.2) is 4.79 Å². The van der Waals surface area contributed by atoms with Crippen LogP contribution in [0.25, 0.3) is 0 Å². The molecule has 1 aliphatic carbocycles. The van der Waals surface area contributed by atoms with Crippen LogP contribution in [-0.4, -0.2) is 37.5 Å². The minimum atomic E-state index is -0.589. The van der Waals surface area contributed by atoms with Crippen molar-refractivity contribution in [2.45, 2.75) is 51.2 Å². The zero-order chi connectivity index (χ0) is 14.0. The fourth-order valence-electron chi connectivity index (χ4n) is 2.22. The van der Waals surface area contributed by atoms with Gasteiger partial charge in [0.25, 0.3) is 0 Å². The lowest BCUT2D eigenvalue weighted by Gasteiger charge is -2.33. The van der Waals surface area contributed by atoms with Gasteiger partial charge in [0.15, 0.2) is 0 Å². The molecule has 1 fully saturated rings. The van der Waals surface area contributed by atoms with Gasteiger partial charge >= 0.3 is 6.03 Å². The number of carbonyl (C=O) groups excluding carboxylic acids is 1. The first-order valence-electron chi connectivity index (χ1n) is 6.53. The highest BCUT2D eigenvalue weighted by Gasteiger charge is 2.29. The van der Waals surface area contributed by atoms with Crippen LogP contribution in [0.4, 0.5) is 10.7 Å². The number of nitrogens with zero attached hydrogens (tertiary/aromatic N) is 3. The molecule has 1 heterocycles. The predicted molar refractivity (Wildman–Crippen MR) is 70.8 cm³/mol. The topological polar surface area (TPSA) is 92.1 Å². The summed E-state index contributed by atoms with van der Waals surface area (Å²) < 4.78 is 1.60. The molecular formula is C12H21N5O2. The molecule has 3 N–H and O–H groups in total. The van der Waals surface area contributed by atoms with Crippen molar-refractivity contribution in [3.8, 4) is 0 Å². The lowest BCUT2D eigenvalue weighted by Crippen LogP contribution is -2.43. The highest BCUT2D eigenvalue weighted by molar-refractivity contribution is 5.87. The summed E-state index contributed by atoms with van der Waals surface area (Å²) in [7, 11) is 1.77. The lowest BCUT2D eigenvalue weighted by atomic mass is 9.84. The molecular weight excluding hydrogens is 246 g/mol. The van der Waals surface area contributed by atoms with Gasteiger partial charge in [-0.05, 0) is 39.5 Å². The van der Waals surface area contributed by atoms with Crippen molar-refractivity contribution in [1.29, 1.82) is 0 Å². The Kier molecular flexibility index (Phi) is 3.75. The van der Waals surface area contributed by atoms with Crippen LogP contribution < -0.4 is 10.6 Å². The Morgan fingerprint density at radius 1 is 1.47 bits per heavy atom. The summed E-state index contributed by atoms with van der Waals surface area (Å²) in [6.45, 7) is 3.66. The van der Waals surface area contributed by atoms with E-state index in [1.54, 1.807) is 11.7 Å². The van der Waals surface area contributed by atoms with E-state index in [0.29, 0.717) is 18.8 Å². The molecule has 1 aromatic heterocycles. The molecule has 1 aromatic rings. The van der Waals surface area contributed by atoms with Crippen LogP contribution in [0.3, 0.4) is 0 Å². The largest absolute Gasteiger partial charge is 0.390 e. The molecule has 0 aliphatic heterocycles. The second-order valence-electron chi connectivity index (χ2n) is 5.48. The monoisotopic (exact) mass is 267 g/mol. The maximum atomic E-state index is 11.8. The number of anilines is 1. The molecule has 1 saturated carbocycles. The maximum Gasteiger partial charge on any atom is 0.321 e. The van der Waals surface area contributed by atoms with Gasteiger partial charge in [-0.2, -0.15) is 4.98 Å². The normalized spacial score (nSPS) is 27.1. The number of urea groups is 1. The summed E-state index contributed by atoms with van der Waals surface area (Å²) in [6.07, 6.45) is 2.99. The Labute approximate surface area is 112 Å². The van der Waals surface area contributed by atoms with Crippen LogP contribution >= 0.6 is 0 Å². The fourth-order valence-corrected chi connectivity index (χ4v) is 2.22. The summed E-state index contributed by atoms with van der Waals surface area (Å²) in [5.74, 6) is 1.05. The van der Waals surface area contributed by atoms with Crippen LogP contribution in [-0.2, 0) is 7.05 Å². The highest BCUT2D eigenvalue weighted by atomic mass is 16.3. The minimum absolute atomic E-state index is 0.102. The van der Waals surface area contributed by atoms with Gasteiger partial charge < -0.3 is 10.4 Å². The molecule has 2 amide bonds. The number of nitrogens with one attached hydrogen (secondary N) is 2. The van der Waals surface area contributed by atoms with Gasteiger partial charge in [-0.1, -0.05) is 0 Å². The third-order valence-electron chi connectivity index (χ3n) is 3.60. The van der Waals surface area contributed by atoms with Crippen molar-refractivity contribution < 1.29 is 9.90 Å². The smallest absolute Gasteiger partial charge is 0.321 e. The molecule has 0 aromatic carbocycles. The second kappa shape index (κ2) is 5.16. The molecule has 0 radical (unpaired) electrons. The van der Waals surface area contributed by atoms with Gasteiger partial charge in [-0.3, -0.25) is 10.00 Å². The third kappa shape index (κ3) is 3.66. The van der Waals surface area contributed by atoms with E-state index in [4.69, 9.17) is 0 Å². The van der Waals surface area contributed by atoms with Crippen molar-refractivity contribution in [3.05, 3.63) is 5.82 Å². The molecule has 0 atom stereocenters. The number of carbonyl (C=O) groups is 1.